The van der Waals surface area contributed by atoms with E-state index in [0.29, 0.717) is 16.1 Å². The van der Waals surface area contributed by atoms with E-state index >= 15 is 0 Å². The molecule has 0 saturated heterocycles. The number of halogens is 1. The van der Waals surface area contributed by atoms with Crippen LogP contribution in [-0.4, -0.2) is 23.5 Å². The topological polar surface area (TPSA) is 78.4 Å². The van der Waals surface area contributed by atoms with Gasteiger partial charge in [0.15, 0.2) is 0 Å². The minimum Gasteiger partial charge on any atom is -0.383 e. The summed E-state index contributed by atoms with van der Waals surface area (Å²) in [4.78, 5) is 24.4. The third-order valence-corrected chi connectivity index (χ3v) is 4.41. The number of hydrogen-bond acceptors (Lipinski definition) is 4. The first kappa shape index (κ1) is 17.1. The van der Waals surface area contributed by atoms with Crippen LogP contribution in [0.25, 0.3) is 0 Å². The molecule has 122 valence electrons. The molecule has 0 aliphatic carbocycles. The number of carbonyl (C=O) groups excluding carboxylic acids is 2. The van der Waals surface area contributed by atoms with Crippen LogP contribution in [0.5, 0.6) is 0 Å². The molecule has 2 rings (SSSR count). The number of rotatable bonds is 4. The van der Waals surface area contributed by atoms with Crippen molar-refractivity contribution in [1.82, 2.24) is 5.32 Å². The largest absolute Gasteiger partial charge is 0.383 e. The lowest BCUT2D eigenvalue weighted by Gasteiger charge is -2.22. The van der Waals surface area contributed by atoms with Crippen molar-refractivity contribution in [3.05, 3.63) is 52.0 Å². The molecule has 1 aromatic heterocycles. The molecule has 1 aromatic carbocycles. The maximum absolute atomic E-state index is 13.0. The Bertz CT molecular complexity index is 714. The molecule has 0 bridgehead atoms. The molecule has 3 N–H and O–H groups in total. The zero-order valence-electron chi connectivity index (χ0n) is 12.7. The first-order valence-electron chi connectivity index (χ1n) is 6.91. The van der Waals surface area contributed by atoms with E-state index in [1.54, 1.807) is 26.0 Å². The lowest BCUT2D eigenvalue weighted by atomic mass is 10.1. The molecule has 1 atom stereocenters. The molecule has 0 spiro atoms. The van der Waals surface area contributed by atoms with Gasteiger partial charge in [-0.15, -0.1) is 11.3 Å². The second-order valence-electron chi connectivity index (χ2n) is 5.35. The summed E-state index contributed by atoms with van der Waals surface area (Å²) in [5.41, 5.74) is -0.385. The summed E-state index contributed by atoms with van der Waals surface area (Å²) in [7, 11) is 0. The Morgan fingerprint density at radius 2 is 2.04 bits per heavy atom. The molecular formula is C16H17FN2O3S. The maximum atomic E-state index is 13.0. The van der Waals surface area contributed by atoms with E-state index in [1.807, 2.05) is 5.38 Å². The van der Waals surface area contributed by atoms with Crippen molar-refractivity contribution in [3.63, 3.8) is 0 Å². The Morgan fingerprint density at radius 3 is 2.65 bits per heavy atom. The van der Waals surface area contributed by atoms with Crippen molar-refractivity contribution >= 4 is 28.8 Å². The van der Waals surface area contributed by atoms with Gasteiger partial charge < -0.3 is 15.7 Å². The fourth-order valence-electron chi connectivity index (χ4n) is 1.95. The average Bonchev–Trinajstić information content (AvgIpc) is 3.02. The highest BCUT2D eigenvalue weighted by atomic mass is 32.1. The summed E-state index contributed by atoms with van der Waals surface area (Å²) >= 11 is 1.36. The molecule has 23 heavy (non-hydrogen) atoms. The number of aliphatic hydroxyl groups is 1. The molecular weight excluding hydrogens is 319 g/mol. The Morgan fingerprint density at radius 1 is 1.30 bits per heavy atom. The van der Waals surface area contributed by atoms with Crippen molar-refractivity contribution in [2.45, 2.75) is 19.4 Å². The van der Waals surface area contributed by atoms with Gasteiger partial charge in [0.1, 0.15) is 11.4 Å². The zero-order valence-corrected chi connectivity index (χ0v) is 13.5. The first-order chi connectivity index (χ1) is 10.8. The molecule has 0 fully saturated rings. The van der Waals surface area contributed by atoms with E-state index < -0.39 is 23.2 Å². The molecule has 1 unspecified atom stereocenters. The van der Waals surface area contributed by atoms with E-state index in [2.05, 4.69) is 10.6 Å². The van der Waals surface area contributed by atoms with E-state index in [4.69, 9.17) is 0 Å². The van der Waals surface area contributed by atoms with Crippen LogP contribution in [0.3, 0.4) is 0 Å². The Balaban J connectivity index is 1.94. The van der Waals surface area contributed by atoms with Crippen LogP contribution >= 0.6 is 11.3 Å². The fraction of sp³-hybridized carbons (Fsp3) is 0.250. The summed E-state index contributed by atoms with van der Waals surface area (Å²) in [6, 6.07) is 7.38. The maximum Gasteiger partial charge on any atom is 0.313 e. The Labute approximate surface area is 137 Å². The zero-order chi connectivity index (χ0) is 17.0. The summed E-state index contributed by atoms with van der Waals surface area (Å²) < 4.78 is 13.0. The van der Waals surface area contributed by atoms with E-state index in [9.17, 15) is 19.1 Å². The van der Waals surface area contributed by atoms with Crippen LogP contribution in [0.2, 0.25) is 0 Å². The Hall–Kier alpha value is -2.25. The summed E-state index contributed by atoms with van der Waals surface area (Å²) in [6.07, 6.45) is 0. The van der Waals surface area contributed by atoms with Gasteiger partial charge in [0.2, 0.25) is 0 Å². The van der Waals surface area contributed by atoms with Crippen LogP contribution in [0.15, 0.2) is 35.7 Å². The number of carbonyl (C=O) groups is 2. The van der Waals surface area contributed by atoms with Gasteiger partial charge in [0.05, 0.1) is 6.54 Å². The van der Waals surface area contributed by atoms with Crippen LogP contribution < -0.4 is 10.6 Å². The minimum absolute atomic E-state index is 0.0951. The normalized spacial score (nSPS) is 13.2. The standard InChI is InChI=1S/C16H17FN2O3S/c1-10-8-11(17)5-6-12(10)19-15(21)14(20)18-9-16(2,22)13-4-3-7-23-13/h3-8,22H,9H2,1-2H3,(H,18,20)(H,19,21). The van der Waals surface area contributed by atoms with Gasteiger partial charge in [-0.1, -0.05) is 6.07 Å². The highest BCUT2D eigenvalue weighted by Gasteiger charge is 2.26. The molecule has 7 heteroatoms. The van der Waals surface area contributed by atoms with Crippen molar-refractivity contribution in [2.24, 2.45) is 0 Å². The van der Waals surface area contributed by atoms with Gasteiger partial charge in [0.25, 0.3) is 0 Å². The molecule has 5 nitrogen and oxygen atoms in total. The summed E-state index contributed by atoms with van der Waals surface area (Å²) in [5.74, 6) is -2.16. The molecule has 0 aliphatic heterocycles. The van der Waals surface area contributed by atoms with Gasteiger partial charge in [-0.3, -0.25) is 9.59 Å². The second kappa shape index (κ2) is 6.89. The molecule has 2 amide bonds. The monoisotopic (exact) mass is 336 g/mol. The Kier molecular flexibility index (Phi) is 5.12. The van der Waals surface area contributed by atoms with Crippen molar-refractivity contribution in [3.8, 4) is 0 Å². The second-order valence-corrected chi connectivity index (χ2v) is 6.29. The van der Waals surface area contributed by atoms with Gasteiger partial charge in [-0.05, 0) is 49.1 Å². The van der Waals surface area contributed by atoms with Gasteiger partial charge >= 0.3 is 11.8 Å². The highest BCUT2D eigenvalue weighted by Crippen LogP contribution is 2.24. The number of thiophene rings is 1. The number of anilines is 1. The lowest BCUT2D eigenvalue weighted by molar-refractivity contribution is -0.136. The van der Waals surface area contributed by atoms with Gasteiger partial charge in [0, 0.05) is 10.6 Å². The molecule has 0 aliphatic rings. The lowest BCUT2D eigenvalue weighted by Crippen LogP contribution is -2.43. The molecule has 2 aromatic rings. The van der Waals surface area contributed by atoms with Crippen molar-refractivity contribution < 1.29 is 19.1 Å². The van der Waals surface area contributed by atoms with Crippen LogP contribution in [0.4, 0.5) is 10.1 Å². The predicted octanol–water partition coefficient (Wildman–Crippen LogP) is 2.16. The van der Waals surface area contributed by atoms with Crippen LogP contribution in [-0.2, 0) is 15.2 Å². The minimum atomic E-state index is -1.25. The number of hydrogen-bond donors (Lipinski definition) is 3. The smallest absolute Gasteiger partial charge is 0.313 e. The number of amides is 2. The summed E-state index contributed by atoms with van der Waals surface area (Å²) in [5, 5.41) is 16.9. The third-order valence-electron chi connectivity index (χ3n) is 3.29. The molecule has 0 saturated carbocycles. The first-order valence-corrected chi connectivity index (χ1v) is 7.79. The van der Waals surface area contributed by atoms with E-state index in [1.165, 1.54) is 29.5 Å². The van der Waals surface area contributed by atoms with Crippen LogP contribution in [0, 0.1) is 12.7 Å². The number of nitrogens with one attached hydrogen (secondary N) is 2. The quantitative estimate of drug-likeness (QED) is 0.749. The average molecular weight is 336 g/mol. The third kappa shape index (κ3) is 4.37. The van der Waals surface area contributed by atoms with Crippen molar-refractivity contribution in [1.29, 1.82) is 0 Å². The fourth-order valence-corrected chi connectivity index (χ4v) is 2.74. The predicted molar refractivity (Wildman–Crippen MR) is 86.7 cm³/mol. The van der Waals surface area contributed by atoms with E-state index in [-0.39, 0.29) is 6.54 Å². The molecule has 1 heterocycles. The van der Waals surface area contributed by atoms with Gasteiger partial charge in [-0.25, -0.2) is 4.39 Å². The van der Waals surface area contributed by atoms with E-state index in [0.717, 1.165) is 0 Å². The van der Waals surface area contributed by atoms with Crippen LogP contribution in [0.1, 0.15) is 17.4 Å². The van der Waals surface area contributed by atoms with Crippen molar-refractivity contribution in [2.75, 3.05) is 11.9 Å². The van der Waals surface area contributed by atoms with Gasteiger partial charge in [-0.2, -0.15) is 0 Å². The highest BCUT2D eigenvalue weighted by molar-refractivity contribution is 7.10. The summed E-state index contributed by atoms with van der Waals surface area (Å²) in [6.45, 7) is 3.08. The number of benzene rings is 1. The number of aryl methyl sites for hydroxylation is 1. The molecule has 0 radical (unpaired) electrons. The SMILES string of the molecule is Cc1cc(F)ccc1NC(=O)C(=O)NCC(C)(O)c1cccs1.